The highest BCUT2D eigenvalue weighted by Gasteiger charge is 2.15. The second-order valence-electron chi connectivity index (χ2n) is 3.25. The molecule has 1 saturated heterocycles. The molecule has 1 atom stereocenters. The number of hydrogen-bond donors (Lipinski definition) is 0. The van der Waals surface area contributed by atoms with Crippen molar-refractivity contribution in [3.05, 3.63) is 0 Å². The second-order valence-corrected chi connectivity index (χ2v) is 5.88. The van der Waals surface area contributed by atoms with Crippen LogP contribution in [0.4, 0.5) is 0 Å². The van der Waals surface area contributed by atoms with Gasteiger partial charge in [0, 0.05) is 11.5 Å². The van der Waals surface area contributed by atoms with Crippen LogP contribution in [0.3, 0.4) is 0 Å². The topological polar surface area (TPSA) is 0 Å². The molecule has 0 radical (unpaired) electrons. The lowest BCUT2D eigenvalue weighted by molar-refractivity contribution is 0.398. The van der Waals surface area contributed by atoms with E-state index in [9.17, 15) is 0 Å². The summed E-state index contributed by atoms with van der Waals surface area (Å²) in [7, 11) is 4.12. The summed E-state index contributed by atoms with van der Waals surface area (Å²) in [5.41, 5.74) is 0. The maximum absolute atomic E-state index is 2.35. The summed E-state index contributed by atoms with van der Waals surface area (Å²) < 4.78 is 0. The molecule has 1 rings (SSSR count). The van der Waals surface area contributed by atoms with Crippen molar-refractivity contribution >= 4 is 21.6 Å². The molecule has 0 aromatic heterocycles. The van der Waals surface area contributed by atoms with Crippen LogP contribution in [0.15, 0.2) is 0 Å². The first-order valence-electron chi connectivity index (χ1n) is 4.05. The van der Waals surface area contributed by atoms with E-state index in [1.165, 1.54) is 24.3 Å². The minimum Gasteiger partial charge on any atom is -0.0941 e. The molecule has 1 heterocycles. The molecule has 10 heavy (non-hydrogen) atoms. The highest BCUT2D eigenvalue weighted by molar-refractivity contribution is 8.76. The Hall–Kier alpha value is 0.700. The molecule has 0 aliphatic carbocycles. The Morgan fingerprint density at radius 2 is 2.10 bits per heavy atom. The Kier molecular flexibility index (Phi) is 4.00. The number of rotatable bonds is 1. The van der Waals surface area contributed by atoms with Gasteiger partial charge in [0.15, 0.2) is 0 Å². The average Bonchev–Trinajstić information content (AvgIpc) is 2.12. The van der Waals surface area contributed by atoms with Crippen molar-refractivity contribution in [2.45, 2.75) is 26.7 Å². The second kappa shape index (κ2) is 4.55. The Morgan fingerprint density at radius 3 is 2.80 bits per heavy atom. The van der Waals surface area contributed by atoms with E-state index in [-0.39, 0.29) is 0 Å². The fourth-order valence-electron chi connectivity index (χ4n) is 1.21. The smallest absolute Gasteiger partial charge is 0.00677 e. The Morgan fingerprint density at radius 1 is 1.30 bits per heavy atom. The van der Waals surface area contributed by atoms with E-state index in [1.807, 2.05) is 0 Å². The highest BCUT2D eigenvalue weighted by atomic mass is 33.1. The summed E-state index contributed by atoms with van der Waals surface area (Å²) in [5, 5.41) is 0. The van der Waals surface area contributed by atoms with Gasteiger partial charge < -0.3 is 0 Å². The van der Waals surface area contributed by atoms with Crippen LogP contribution >= 0.6 is 21.6 Å². The molecule has 0 nitrogen and oxygen atoms in total. The van der Waals surface area contributed by atoms with Crippen LogP contribution in [0.2, 0.25) is 0 Å². The quantitative estimate of drug-likeness (QED) is 0.561. The van der Waals surface area contributed by atoms with Crippen molar-refractivity contribution in [1.29, 1.82) is 0 Å². The molecule has 1 aliphatic heterocycles. The summed E-state index contributed by atoms with van der Waals surface area (Å²) in [6.45, 7) is 4.70. The van der Waals surface area contributed by atoms with Crippen molar-refractivity contribution in [2.75, 3.05) is 11.5 Å². The van der Waals surface area contributed by atoms with Crippen LogP contribution in [-0.4, -0.2) is 11.5 Å². The van der Waals surface area contributed by atoms with E-state index in [2.05, 4.69) is 35.4 Å². The van der Waals surface area contributed by atoms with E-state index in [0.29, 0.717) is 0 Å². The molecule has 0 amide bonds. The van der Waals surface area contributed by atoms with Gasteiger partial charge in [-0.1, -0.05) is 35.4 Å². The van der Waals surface area contributed by atoms with Crippen LogP contribution in [0, 0.1) is 11.8 Å². The lowest BCUT2D eigenvalue weighted by Crippen LogP contribution is -2.09. The van der Waals surface area contributed by atoms with E-state index >= 15 is 0 Å². The van der Waals surface area contributed by atoms with Crippen LogP contribution in [-0.2, 0) is 0 Å². The highest BCUT2D eigenvalue weighted by Crippen LogP contribution is 2.34. The molecule has 1 fully saturated rings. The first-order chi connectivity index (χ1) is 4.80. The molecule has 0 aromatic rings. The minimum absolute atomic E-state index is 0.895. The maximum atomic E-state index is 2.35. The fourth-order valence-corrected chi connectivity index (χ4v) is 3.95. The van der Waals surface area contributed by atoms with Crippen molar-refractivity contribution in [2.24, 2.45) is 11.8 Å². The predicted octanol–water partition coefficient (Wildman–Crippen LogP) is 3.43. The van der Waals surface area contributed by atoms with Gasteiger partial charge in [-0.2, -0.15) is 0 Å². The minimum atomic E-state index is 0.895. The molecule has 0 aromatic carbocycles. The van der Waals surface area contributed by atoms with Gasteiger partial charge in [-0.15, -0.1) is 0 Å². The first kappa shape index (κ1) is 8.79. The molecule has 1 unspecified atom stereocenters. The SMILES string of the molecule is CC(C)C1CCCSSC1. The molecule has 1 aliphatic rings. The van der Waals surface area contributed by atoms with Gasteiger partial charge in [0.1, 0.15) is 0 Å². The Balaban J connectivity index is 2.28. The Bertz CT molecular complexity index is 83.3. The maximum Gasteiger partial charge on any atom is 0.00677 e. The summed E-state index contributed by atoms with van der Waals surface area (Å²) in [6.07, 6.45) is 2.89. The molecule has 0 spiro atoms. The summed E-state index contributed by atoms with van der Waals surface area (Å²) >= 11 is 0. The van der Waals surface area contributed by atoms with Crippen molar-refractivity contribution < 1.29 is 0 Å². The fraction of sp³-hybridized carbons (Fsp3) is 1.00. The summed E-state index contributed by atoms with van der Waals surface area (Å²) in [6, 6.07) is 0. The van der Waals surface area contributed by atoms with Crippen molar-refractivity contribution in [3.63, 3.8) is 0 Å². The zero-order chi connectivity index (χ0) is 7.40. The third kappa shape index (κ3) is 2.75. The van der Waals surface area contributed by atoms with E-state index in [4.69, 9.17) is 0 Å². The third-order valence-corrected chi connectivity index (χ3v) is 4.71. The lowest BCUT2D eigenvalue weighted by Gasteiger charge is -2.16. The normalized spacial score (nSPS) is 28.5. The monoisotopic (exact) mass is 176 g/mol. The zero-order valence-electron chi connectivity index (χ0n) is 6.80. The zero-order valence-corrected chi connectivity index (χ0v) is 8.43. The van der Waals surface area contributed by atoms with Gasteiger partial charge >= 0.3 is 0 Å². The Labute approximate surface area is 71.9 Å². The molecule has 0 bridgehead atoms. The largest absolute Gasteiger partial charge is 0.0941 e. The van der Waals surface area contributed by atoms with E-state index in [1.54, 1.807) is 0 Å². The van der Waals surface area contributed by atoms with E-state index in [0.717, 1.165) is 11.8 Å². The van der Waals surface area contributed by atoms with Crippen LogP contribution < -0.4 is 0 Å². The van der Waals surface area contributed by atoms with Gasteiger partial charge in [-0.05, 0) is 24.7 Å². The van der Waals surface area contributed by atoms with Crippen molar-refractivity contribution in [1.82, 2.24) is 0 Å². The third-order valence-electron chi connectivity index (χ3n) is 2.11. The van der Waals surface area contributed by atoms with Crippen LogP contribution in [0.5, 0.6) is 0 Å². The molecule has 60 valence electrons. The average molecular weight is 176 g/mol. The predicted molar refractivity (Wildman–Crippen MR) is 52.5 cm³/mol. The first-order valence-corrected chi connectivity index (χ1v) is 6.54. The lowest BCUT2D eigenvalue weighted by atomic mass is 9.93. The van der Waals surface area contributed by atoms with Gasteiger partial charge in [-0.25, -0.2) is 0 Å². The van der Waals surface area contributed by atoms with Gasteiger partial charge in [0.05, 0.1) is 0 Å². The molecular formula is C8H16S2. The van der Waals surface area contributed by atoms with E-state index < -0.39 is 0 Å². The van der Waals surface area contributed by atoms with Crippen LogP contribution in [0.1, 0.15) is 26.7 Å². The molecule has 0 saturated carbocycles. The van der Waals surface area contributed by atoms with Crippen LogP contribution in [0.25, 0.3) is 0 Å². The molecule has 2 heteroatoms. The summed E-state index contributed by atoms with van der Waals surface area (Å²) in [4.78, 5) is 0. The van der Waals surface area contributed by atoms with Crippen molar-refractivity contribution in [3.8, 4) is 0 Å². The van der Waals surface area contributed by atoms with Gasteiger partial charge in [0.25, 0.3) is 0 Å². The van der Waals surface area contributed by atoms with Gasteiger partial charge in [-0.3, -0.25) is 0 Å². The standard InChI is InChI=1S/C8H16S2/c1-7(2)8-4-3-5-9-10-6-8/h7-8H,3-6H2,1-2H3. The number of hydrogen-bond acceptors (Lipinski definition) is 2. The summed E-state index contributed by atoms with van der Waals surface area (Å²) in [5.74, 6) is 4.63. The van der Waals surface area contributed by atoms with Gasteiger partial charge in [0.2, 0.25) is 0 Å². The molecular weight excluding hydrogens is 160 g/mol. The molecule has 0 N–H and O–H groups in total.